The van der Waals surface area contributed by atoms with Crippen LogP contribution in [0.15, 0.2) is 36.4 Å². The third-order valence-corrected chi connectivity index (χ3v) is 6.59. The second kappa shape index (κ2) is 7.60. The molecule has 29 heavy (non-hydrogen) atoms. The third kappa shape index (κ3) is 4.40. The van der Waals surface area contributed by atoms with Gasteiger partial charge in [0.15, 0.2) is 0 Å². The van der Waals surface area contributed by atoms with Crippen molar-refractivity contribution < 1.29 is 15.0 Å². The lowest BCUT2D eigenvalue weighted by molar-refractivity contribution is -0.119. The van der Waals surface area contributed by atoms with E-state index in [9.17, 15) is 15.0 Å². The maximum absolute atomic E-state index is 12.8. The van der Waals surface area contributed by atoms with Crippen LogP contribution in [0.2, 0.25) is 0 Å². The van der Waals surface area contributed by atoms with Gasteiger partial charge in [-0.2, -0.15) is 0 Å². The highest BCUT2D eigenvalue weighted by molar-refractivity contribution is 8.01. The van der Waals surface area contributed by atoms with Crippen molar-refractivity contribution in [3.05, 3.63) is 58.7 Å². The van der Waals surface area contributed by atoms with Crippen LogP contribution >= 0.6 is 11.8 Å². The Morgan fingerprint density at radius 3 is 1.69 bits per heavy atom. The first-order valence-corrected chi connectivity index (χ1v) is 11.0. The molecule has 1 aliphatic heterocycles. The van der Waals surface area contributed by atoms with Crippen LogP contribution in [0.1, 0.15) is 69.7 Å². The van der Waals surface area contributed by atoms with Gasteiger partial charge in [0.2, 0.25) is 5.91 Å². The molecule has 0 radical (unpaired) electrons. The number of thioether (sulfide) groups is 1. The molecule has 0 spiro atoms. The molecule has 1 amide bonds. The lowest BCUT2D eigenvalue weighted by Crippen LogP contribution is -2.31. The van der Waals surface area contributed by atoms with Crippen molar-refractivity contribution in [3.8, 4) is 11.5 Å². The van der Waals surface area contributed by atoms with Gasteiger partial charge in [-0.1, -0.05) is 53.7 Å². The minimum absolute atomic E-state index is 0.0286. The molecular weight excluding hydrogens is 382 g/mol. The van der Waals surface area contributed by atoms with Gasteiger partial charge in [0.05, 0.1) is 11.1 Å². The van der Waals surface area contributed by atoms with Crippen molar-refractivity contribution in [1.82, 2.24) is 5.32 Å². The van der Waals surface area contributed by atoms with Gasteiger partial charge >= 0.3 is 0 Å². The number of benzene rings is 2. The summed E-state index contributed by atoms with van der Waals surface area (Å²) in [7, 11) is 0. The summed E-state index contributed by atoms with van der Waals surface area (Å²) < 4.78 is 0. The molecule has 1 fully saturated rings. The van der Waals surface area contributed by atoms with Crippen LogP contribution in [0, 0.1) is 0 Å². The molecular formula is C24H31NO3S. The molecule has 1 aliphatic rings. The SMILES string of the molecule is CC(C)(C)c1cc(O)ccc1C(c1ccc(O)cc1C(C)(C)C)C1SCNC1=O. The molecule has 0 aliphatic carbocycles. The van der Waals surface area contributed by atoms with E-state index in [0.29, 0.717) is 5.88 Å². The summed E-state index contributed by atoms with van der Waals surface area (Å²) in [5.41, 5.74) is 3.73. The molecule has 3 rings (SSSR count). The van der Waals surface area contributed by atoms with Crippen molar-refractivity contribution in [2.24, 2.45) is 0 Å². The van der Waals surface area contributed by atoms with E-state index in [4.69, 9.17) is 0 Å². The topological polar surface area (TPSA) is 69.6 Å². The molecule has 4 nitrogen and oxygen atoms in total. The van der Waals surface area contributed by atoms with Crippen LogP contribution in [0.5, 0.6) is 11.5 Å². The minimum atomic E-state index is -0.272. The zero-order valence-corrected chi connectivity index (χ0v) is 18.9. The molecule has 156 valence electrons. The van der Waals surface area contributed by atoms with Crippen LogP contribution in [0.3, 0.4) is 0 Å². The lowest BCUT2D eigenvalue weighted by Gasteiger charge is -2.33. The summed E-state index contributed by atoms with van der Waals surface area (Å²) >= 11 is 1.61. The van der Waals surface area contributed by atoms with E-state index in [2.05, 4.69) is 46.9 Å². The summed E-state index contributed by atoms with van der Waals surface area (Å²) in [6.07, 6.45) is 0. The maximum Gasteiger partial charge on any atom is 0.234 e. The van der Waals surface area contributed by atoms with Crippen molar-refractivity contribution in [2.75, 3.05) is 5.88 Å². The third-order valence-electron chi connectivity index (χ3n) is 5.43. The van der Waals surface area contributed by atoms with Gasteiger partial charge in [-0.15, -0.1) is 11.8 Å². The van der Waals surface area contributed by atoms with Gasteiger partial charge in [-0.3, -0.25) is 4.79 Å². The van der Waals surface area contributed by atoms with Crippen LogP contribution in [-0.4, -0.2) is 27.2 Å². The normalized spacial score (nSPS) is 17.6. The average Bonchev–Trinajstić information content (AvgIpc) is 3.01. The number of rotatable bonds is 3. The Kier molecular flexibility index (Phi) is 5.65. The Morgan fingerprint density at radius 1 is 0.897 bits per heavy atom. The van der Waals surface area contributed by atoms with E-state index in [1.807, 2.05) is 24.3 Å². The van der Waals surface area contributed by atoms with E-state index >= 15 is 0 Å². The fourth-order valence-corrected chi connectivity index (χ4v) is 5.18. The number of hydrogen-bond acceptors (Lipinski definition) is 4. The van der Waals surface area contributed by atoms with Gasteiger partial charge in [0.1, 0.15) is 11.5 Å². The summed E-state index contributed by atoms with van der Waals surface area (Å²) in [6.45, 7) is 12.7. The molecule has 0 bridgehead atoms. The number of carbonyl (C=O) groups is 1. The standard InChI is InChI=1S/C24H31NO3S/c1-23(2,3)18-11-14(26)7-9-16(18)20(21-22(28)25-13-29-21)17-10-8-15(27)12-19(17)24(4,5)6/h7-12,20-21,26-27H,13H2,1-6H3,(H,25,28). The van der Waals surface area contributed by atoms with Crippen LogP contribution < -0.4 is 5.32 Å². The number of phenols is 2. The second-order valence-electron chi connectivity index (χ2n) is 9.79. The van der Waals surface area contributed by atoms with Crippen molar-refractivity contribution in [2.45, 2.75) is 63.5 Å². The Balaban J connectivity index is 2.32. The summed E-state index contributed by atoms with van der Waals surface area (Å²) in [4.78, 5) is 12.8. The van der Waals surface area contributed by atoms with Gasteiger partial charge in [0, 0.05) is 5.92 Å². The monoisotopic (exact) mass is 413 g/mol. The van der Waals surface area contributed by atoms with Gasteiger partial charge < -0.3 is 15.5 Å². The molecule has 3 N–H and O–H groups in total. The number of phenolic OH excluding ortho intramolecular Hbond substituents is 2. The van der Waals surface area contributed by atoms with Crippen molar-refractivity contribution in [1.29, 1.82) is 0 Å². The fraction of sp³-hybridized carbons (Fsp3) is 0.458. The largest absolute Gasteiger partial charge is 0.508 e. The molecule has 1 heterocycles. The fourth-order valence-electron chi connectivity index (χ4n) is 4.05. The maximum atomic E-state index is 12.8. The van der Waals surface area contributed by atoms with Gasteiger partial charge in [-0.05, 0) is 57.3 Å². The Bertz CT molecular complexity index is 861. The second-order valence-corrected chi connectivity index (χ2v) is 10.9. The number of nitrogens with one attached hydrogen (secondary N) is 1. The number of hydrogen-bond donors (Lipinski definition) is 3. The van der Waals surface area contributed by atoms with Crippen molar-refractivity contribution >= 4 is 17.7 Å². The van der Waals surface area contributed by atoms with Crippen LogP contribution in [0.4, 0.5) is 0 Å². The molecule has 1 unspecified atom stereocenters. The van der Waals surface area contributed by atoms with E-state index in [1.165, 1.54) is 0 Å². The summed E-state index contributed by atoms with van der Waals surface area (Å²) in [5, 5.41) is 23.0. The van der Waals surface area contributed by atoms with E-state index in [-0.39, 0.29) is 39.4 Å². The van der Waals surface area contributed by atoms with Gasteiger partial charge in [0.25, 0.3) is 0 Å². The minimum Gasteiger partial charge on any atom is -0.508 e. The highest BCUT2D eigenvalue weighted by Crippen LogP contribution is 2.45. The molecule has 1 saturated heterocycles. The molecule has 2 aromatic carbocycles. The zero-order valence-electron chi connectivity index (χ0n) is 18.0. The molecule has 2 aromatic rings. The number of amides is 1. The first-order chi connectivity index (χ1) is 13.4. The predicted molar refractivity (Wildman–Crippen MR) is 120 cm³/mol. The highest BCUT2D eigenvalue weighted by atomic mass is 32.2. The van der Waals surface area contributed by atoms with Crippen LogP contribution in [-0.2, 0) is 15.6 Å². The predicted octanol–water partition coefficient (Wildman–Crippen LogP) is 5.01. The van der Waals surface area contributed by atoms with Crippen molar-refractivity contribution in [3.63, 3.8) is 0 Å². The molecule has 0 saturated carbocycles. The Morgan fingerprint density at radius 2 is 1.34 bits per heavy atom. The zero-order chi connectivity index (χ0) is 21.6. The average molecular weight is 414 g/mol. The molecule has 0 aromatic heterocycles. The first kappa shape index (κ1) is 21.6. The van der Waals surface area contributed by atoms with E-state index < -0.39 is 0 Å². The van der Waals surface area contributed by atoms with E-state index in [1.54, 1.807) is 23.9 Å². The number of carbonyl (C=O) groups excluding carboxylic acids is 1. The Labute approximate surface area is 177 Å². The molecule has 5 heteroatoms. The summed E-state index contributed by atoms with van der Waals surface area (Å²) in [6, 6.07) is 10.9. The van der Waals surface area contributed by atoms with Crippen LogP contribution in [0.25, 0.3) is 0 Å². The quantitative estimate of drug-likeness (QED) is 0.661. The number of aromatic hydroxyl groups is 2. The molecule has 1 atom stereocenters. The van der Waals surface area contributed by atoms with Gasteiger partial charge in [-0.25, -0.2) is 0 Å². The summed E-state index contributed by atoms with van der Waals surface area (Å²) in [5.74, 6) is 0.879. The van der Waals surface area contributed by atoms with E-state index in [0.717, 1.165) is 22.3 Å². The lowest BCUT2D eigenvalue weighted by atomic mass is 9.73. The smallest absolute Gasteiger partial charge is 0.234 e. The highest BCUT2D eigenvalue weighted by Gasteiger charge is 2.39. The first-order valence-electron chi connectivity index (χ1n) is 9.95. The Hall–Kier alpha value is -2.14.